The Morgan fingerprint density at radius 1 is 0.972 bits per heavy atom. The van der Waals surface area contributed by atoms with E-state index in [1.165, 1.54) is 17.0 Å². The number of hydrogen-bond acceptors (Lipinski definition) is 6. The lowest BCUT2D eigenvalue weighted by Crippen LogP contribution is -2.35. The molecule has 1 saturated heterocycles. The smallest absolute Gasteiger partial charge is 0.295 e. The Bertz CT molecular complexity index is 1280. The van der Waals surface area contributed by atoms with Gasteiger partial charge in [0.25, 0.3) is 11.7 Å². The number of aromatic hydroxyl groups is 1. The van der Waals surface area contributed by atoms with Gasteiger partial charge in [0.15, 0.2) is 0 Å². The lowest BCUT2D eigenvalue weighted by Gasteiger charge is -2.26. The fraction of sp³-hybridized carbons (Fsp3) is 0.241. The predicted molar refractivity (Wildman–Crippen MR) is 138 cm³/mol. The van der Waals surface area contributed by atoms with Crippen LogP contribution in [-0.4, -0.2) is 58.9 Å². The van der Waals surface area contributed by atoms with Gasteiger partial charge in [-0.1, -0.05) is 36.4 Å². The molecule has 0 aromatic heterocycles. The van der Waals surface area contributed by atoms with Crippen molar-refractivity contribution in [2.45, 2.75) is 19.6 Å². The summed E-state index contributed by atoms with van der Waals surface area (Å²) in [7, 11) is 3.77. The van der Waals surface area contributed by atoms with Gasteiger partial charge in [-0.15, -0.1) is 0 Å². The molecule has 3 aromatic carbocycles. The number of likely N-dealkylation sites (tertiary alicyclic amines) is 1. The van der Waals surface area contributed by atoms with Crippen LogP contribution in [-0.2, 0) is 16.2 Å². The van der Waals surface area contributed by atoms with Crippen molar-refractivity contribution in [3.8, 4) is 11.5 Å². The summed E-state index contributed by atoms with van der Waals surface area (Å²) in [6, 6.07) is 20.3. The quantitative estimate of drug-likeness (QED) is 0.281. The summed E-state index contributed by atoms with van der Waals surface area (Å²) in [6.45, 7) is 3.30. The first kappa shape index (κ1) is 25.0. The average molecular weight is 487 g/mol. The molecule has 1 atom stereocenters. The monoisotopic (exact) mass is 486 g/mol. The number of ketones is 1. The van der Waals surface area contributed by atoms with Crippen molar-refractivity contribution in [1.29, 1.82) is 0 Å². The number of Topliss-reactive ketones (excluding diaryl/α,β-unsaturated/α-hetero) is 1. The molecule has 0 saturated carbocycles. The van der Waals surface area contributed by atoms with Crippen LogP contribution in [0.4, 0.5) is 0 Å². The van der Waals surface area contributed by atoms with Crippen molar-refractivity contribution in [2.75, 3.05) is 27.2 Å². The summed E-state index contributed by atoms with van der Waals surface area (Å²) in [6.07, 6.45) is 0. The third-order valence-electron chi connectivity index (χ3n) is 6.32. The highest BCUT2D eigenvalue weighted by molar-refractivity contribution is 6.46. The number of carbonyl (C=O) groups is 2. The number of amides is 1. The Morgan fingerprint density at radius 2 is 1.64 bits per heavy atom. The van der Waals surface area contributed by atoms with Gasteiger partial charge in [-0.3, -0.25) is 9.59 Å². The maximum atomic E-state index is 13.1. The Balaban J connectivity index is 1.64. The molecule has 1 aliphatic rings. The van der Waals surface area contributed by atoms with Crippen LogP contribution in [0.5, 0.6) is 11.5 Å². The minimum Gasteiger partial charge on any atom is -0.508 e. The van der Waals surface area contributed by atoms with Crippen LogP contribution in [0.2, 0.25) is 0 Å². The van der Waals surface area contributed by atoms with Gasteiger partial charge in [-0.25, -0.2) is 0 Å². The molecule has 4 rings (SSSR count). The van der Waals surface area contributed by atoms with Crippen molar-refractivity contribution < 1.29 is 24.5 Å². The Morgan fingerprint density at radius 3 is 2.28 bits per heavy atom. The van der Waals surface area contributed by atoms with E-state index in [4.69, 9.17) is 4.74 Å². The summed E-state index contributed by atoms with van der Waals surface area (Å²) in [5.41, 5.74) is 3.28. The van der Waals surface area contributed by atoms with Crippen molar-refractivity contribution in [3.63, 3.8) is 0 Å². The topological polar surface area (TPSA) is 90.3 Å². The van der Waals surface area contributed by atoms with Crippen LogP contribution < -0.4 is 4.74 Å². The number of aliphatic hydroxyl groups excluding tert-OH is 1. The minimum atomic E-state index is -0.762. The molecule has 7 nitrogen and oxygen atoms in total. The number of aryl methyl sites for hydroxylation is 1. The molecular weight excluding hydrogens is 456 g/mol. The van der Waals surface area contributed by atoms with Gasteiger partial charge >= 0.3 is 0 Å². The summed E-state index contributed by atoms with van der Waals surface area (Å²) in [5.74, 6) is -0.940. The third kappa shape index (κ3) is 5.26. The van der Waals surface area contributed by atoms with E-state index >= 15 is 0 Å². The van der Waals surface area contributed by atoms with Crippen LogP contribution in [0, 0.1) is 6.92 Å². The lowest BCUT2D eigenvalue weighted by atomic mass is 9.95. The van der Waals surface area contributed by atoms with Crippen molar-refractivity contribution in [2.24, 2.45) is 0 Å². The molecule has 1 amide bonds. The standard InChI is InChI=1S/C29H30N2O5/c1-19-6-4-5-7-22(19)18-36-24-14-10-21(11-15-24)27(33)25-26(20-8-12-23(32)13-9-20)31(17-16-30(2)3)29(35)28(25)34/h4-15,26,32-33H,16-18H2,1-3H3/b27-25+/t26-/m1/s1. The van der Waals surface area contributed by atoms with Crippen molar-refractivity contribution in [1.82, 2.24) is 9.80 Å². The number of benzene rings is 3. The second-order valence-electron chi connectivity index (χ2n) is 9.13. The van der Waals surface area contributed by atoms with Gasteiger partial charge in [-0.05, 0) is 74.1 Å². The lowest BCUT2D eigenvalue weighted by molar-refractivity contribution is -0.140. The highest BCUT2D eigenvalue weighted by Gasteiger charge is 2.45. The zero-order chi connectivity index (χ0) is 25.8. The zero-order valence-electron chi connectivity index (χ0n) is 20.6. The number of hydrogen-bond donors (Lipinski definition) is 2. The van der Waals surface area contributed by atoms with E-state index < -0.39 is 17.7 Å². The molecule has 3 aromatic rings. The van der Waals surface area contributed by atoms with Gasteiger partial charge in [-0.2, -0.15) is 0 Å². The van der Waals surface area contributed by atoms with E-state index in [0.29, 0.717) is 36.6 Å². The maximum absolute atomic E-state index is 13.1. The van der Waals surface area contributed by atoms with Gasteiger partial charge in [0, 0.05) is 18.7 Å². The molecule has 2 N–H and O–H groups in total. The van der Waals surface area contributed by atoms with Crippen LogP contribution >= 0.6 is 0 Å². The van der Waals surface area contributed by atoms with E-state index in [0.717, 1.165) is 11.1 Å². The SMILES string of the molecule is Cc1ccccc1COc1ccc(/C(O)=C2\C(=O)C(=O)N(CCN(C)C)[C@@H]2c2ccc(O)cc2)cc1. The largest absolute Gasteiger partial charge is 0.508 e. The minimum absolute atomic E-state index is 0.0259. The number of ether oxygens (including phenoxy) is 1. The summed E-state index contributed by atoms with van der Waals surface area (Å²) in [4.78, 5) is 29.4. The molecular formula is C29H30N2O5. The zero-order valence-corrected chi connectivity index (χ0v) is 20.6. The Kier molecular flexibility index (Phi) is 7.41. The second-order valence-corrected chi connectivity index (χ2v) is 9.13. The van der Waals surface area contributed by atoms with E-state index in [-0.39, 0.29) is 17.1 Å². The first-order chi connectivity index (χ1) is 17.3. The van der Waals surface area contributed by atoms with Crippen LogP contribution in [0.1, 0.15) is 28.3 Å². The van der Waals surface area contributed by atoms with Gasteiger partial charge in [0.2, 0.25) is 0 Å². The molecule has 1 aliphatic heterocycles. The van der Waals surface area contributed by atoms with Crippen molar-refractivity contribution >= 4 is 17.4 Å². The Hall–Kier alpha value is -4.10. The number of carbonyl (C=O) groups excluding carboxylic acids is 2. The van der Waals surface area contributed by atoms with Crippen LogP contribution in [0.25, 0.3) is 5.76 Å². The number of phenolic OH excluding ortho intramolecular Hbond substituents is 1. The number of likely N-dealkylation sites (N-methyl/N-ethyl adjacent to an activating group) is 1. The van der Waals surface area contributed by atoms with E-state index in [2.05, 4.69) is 0 Å². The molecule has 1 heterocycles. The van der Waals surface area contributed by atoms with Gasteiger partial charge in [0.05, 0.1) is 11.6 Å². The average Bonchev–Trinajstić information content (AvgIpc) is 3.12. The summed E-state index contributed by atoms with van der Waals surface area (Å²) in [5, 5.41) is 20.9. The number of rotatable bonds is 8. The fourth-order valence-corrected chi connectivity index (χ4v) is 4.22. The predicted octanol–water partition coefficient (Wildman–Crippen LogP) is 4.26. The van der Waals surface area contributed by atoms with Gasteiger partial charge in [0.1, 0.15) is 23.9 Å². The van der Waals surface area contributed by atoms with Crippen LogP contribution in [0.15, 0.2) is 78.4 Å². The number of aliphatic hydroxyl groups is 1. The second kappa shape index (κ2) is 10.7. The van der Waals surface area contributed by atoms with Crippen LogP contribution in [0.3, 0.4) is 0 Å². The Labute approximate surface area is 210 Å². The number of phenols is 1. The summed E-state index contributed by atoms with van der Waals surface area (Å²) >= 11 is 0. The molecule has 36 heavy (non-hydrogen) atoms. The van der Waals surface area contributed by atoms with Crippen molar-refractivity contribution in [3.05, 3.63) is 101 Å². The van der Waals surface area contributed by atoms with E-state index in [1.807, 2.05) is 50.2 Å². The third-order valence-corrected chi connectivity index (χ3v) is 6.32. The first-order valence-corrected chi connectivity index (χ1v) is 11.8. The van der Waals surface area contributed by atoms with Gasteiger partial charge < -0.3 is 24.7 Å². The molecule has 1 fully saturated rings. The van der Waals surface area contributed by atoms with E-state index in [1.54, 1.807) is 36.4 Å². The maximum Gasteiger partial charge on any atom is 0.295 e. The highest BCUT2D eigenvalue weighted by atomic mass is 16.5. The number of nitrogens with zero attached hydrogens (tertiary/aromatic N) is 2. The first-order valence-electron chi connectivity index (χ1n) is 11.8. The molecule has 7 heteroatoms. The summed E-state index contributed by atoms with van der Waals surface area (Å²) < 4.78 is 5.89. The molecule has 0 spiro atoms. The molecule has 0 aliphatic carbocycles. The molecule has 0 bridgehead atoms. The molecule has 0 unspecified atom stereocenters. The molecule has 0 radical (unpaired) electrons. The fourth-order valence-electron chi connectivity index (χ4n) is 4.22. The van der Waals surface area contributed by atoms with E-state index in [9.17, 15) is 19.8 Å². The highest BCUT2D eigenvalue weighted by Crippen LogP contribution is 2.39. The normalized spacial score (nSPS) is 17.1. The molecule has 186 valence electrons.